The predicted octanol–water partition coefficient (Wildman–Crippen LogP) is -0.904. The van der Waals surface area contributed by atoms with Crippen LogP contribution in [0.3, 0.4) is 0 Å². The van der Waals surface area contributed by atoms with E-state index in [1.165, 1.54) is 0 Å². The third-order valence-corrected chi connectivity index (χ3v) is 1.79. The van der Waals surface area contributed by atoms with Gasteiger partial charge in [0.15, 0.2) is 0 Å². The Balaban J connectivity index is 0. The van der Waals surface area contributed by atoms with E-state index in [1.54, 1.807) is 12.3 Å². The fourth-order valence-corrected chi connectivity index (χ4v) is 0.772. The third kappa shape index (κ3) is 2.62. The van der Waals surface area contributed by atoms with Crippen LogP contribution in [0.2, 0.25) is 5.02 Å². The van der Waals surface area contributed by atoms with Gasteiger partial charge in [0.1, 0.15) is 5.82 Å². The summed E-state index contributed by atoms with van der Waals surface area (Å²) in [5, 5.41) is 0.424. The topological polar surface area (TPSA) is 41.8 Å². The van der Waals surface area contributed by atoms with Crippen LogP contribution in [0.5, 0.6) is 0 Å². The van der Waals surface area contributed by atoms with E-state index in [0.717, 1.165) is 0 Å². The number of nitrogen functional groups attached to an aromatic ring is 1. The van der Waals surface area contributed by atoms with E-state index in [1.807, 2.05) is 0 Å². The van der Waals surface area contributed by atoms with Crippen molar-refractivity contribution in [1.82, 2.24) is 4.98 Å². The smallest absolute Gasteiger partial charge is 1.00 e. The van der Waals surface area contributed by atoms with E-state index in [9.17, 15) is 0 Å². The molecular formula is C5H6ClKN2S. The number of pyridine rings is 1. The Hall–Kier alpha value is 1.10. The van der Waals surface area contributed by atoms with E-state index in [2.05, 4.69) is 4.98 Å². The van der Waals surface area contributed by atoms with E-state index in [0.29, 0.717) is 15.4 Å². The van der Waals surface area contributed by atoms with Crippen molar-refractivity contribution in [2.24, 2.45) is 0 Å². The number of rotatable bonds is 0. The number of halogens is 1. The van der Waals surface area contributed by atoms with Crippen LogP contribution in [0.15, 0.2) is 12.3 Å². The van der Waals surface area contributed by atoms with Crippen molar-refractivity contribution in [2.45, 2.75) is 0 Å². The second-order valence-electron chi connectivity index (χ2n) is 1.57. The molecule has 5 heteroatoms. The van der Waals surface area contributed by atoms with Gasteiger partial charge in [0, 0.05) is 6.20 Å². The van der Waals surface area contributed by atoms with Gasteiger partial charge in [-0.3, -0.25) is 0 Å². The van der Waals surface area contributed by atoms with Gasteiger partial charge >= 0.3 is 51.4 Å². The molecule has 0 aliphatic heterocycles. The first kappa shape index (κ1) is 11.1. The van der Waals surface area contributed by atoms with Crippen LogP contribution >= 0.6 is 23.8 Å². The standard InChI is InChI=1S/C5H5ClN2S.K.H/c6-4-3(9)1-2-8-5(4)7;;/h1-2H,(H3,7,8,9);;/q;+1;-1. The molecule has 0 saturated heterocycles. The van der Waals surface area contributed by atoms with Crippen LogP contribution in [0.1, 0.15) is 1.43 Å². The van der Waals surface area contributed by atoms with Crippen molar-refractivity contribution in [2.75, 3.05) is 5.73 Å². The van der Waals surface area contributed by atoms with Crippen molar-refractivity contribution in [3.63, 3.8) is 0 Å². The summed E-state index contributed by atoms with van der Waals surface area (Å²) in [6.45, 7) is 0. The molecule has 0 aliphatic carbocycles. The predicted molar refractivity (Wildman–Crippen MR) is 42.2 cm³/mol. The molecule has 50 valence electrons. The zero-order valence-corrected chi connectivity index (χ0v) is 10.2. The maximum absolute atomic E-state index is 5.62. The Morgan fingerprint density at radius 1 is 1.70 bits per heavy atom. The number of aromatic amines is 1. The average molecular weight is 201 g/mol. The van der Waals surface area contributed by atoms with Gasteiger partial charge in [0.05, 0.1) is 9.53 Å². The molecule has 0 fully saturated rings. The molecule has 0 atom stereocenters. The van der Waals surface area contributed by atoms with Gasteiger partial charge in [-0.15, -0.1) is 0 Å². The third-order valence-electron chi connectivity index (χ3n) is 0.926. The molecule has 1 heterocycles. The number of nitrogens with two attached hydrogens (primary N) is 1. The molecule has 1 aromatic heterocycles. The average Bonchev–Trinajstić information content (AvgIpc) is 1.83. The molecule has 0 unspecified atom stereocenters. The first-order valence-corrected chi connectivity index (χ1v) is 3.13. The Bertz CT molecular complexity index is 277. The molecule has 1 rings (SSSR count). The summed E-state index contributed by atoms with van der Waals surface area (Å²) in [6, 6.07) is 1.69. The first-order valence-electron chi connectivity index (χ1n) is 2.34. The summed E-state index contributed by atoms with van der Waals surface area (Å²) in [5.41, 5.74) is 5.37. The Labute approximate surface area is 113 Å². The number of anilines is 1. The molecule has 2 nitrogen and oxygen atoms in total. The fraction of sp³-hybridized carbons (Fsp3) is 0. The molecule has 0 radical (unpaired) electrons. The zero-order chi connectivity index (χ0) is 6.85. The first-order chi connectivity index (χ1) is 4.22. The number of hydrogen-bond acceptors (Lipinski definition) is 2. The number of hydrogen-bond donors (Lipinski definition) is 2. The Morgan fingerprint density at radius 2 is 2.30 bits per heavy atom. The van der Waals surface area contributed by atoms with Gasteiger partial charge in [-0.05, 0) is 6.07 Å². The minimum Gasteiger partial charge on any atom is -1.00 e. The maximum atomic E-state index is 5.62. The Morgan fingerprint density at radius 3 is 2.70 bits per heavy atom. The quantitative estimate of drug-likeness (QED) is 0.421. The van der Waals surface area contributed by atoms with E-state index < -0.39 is 0 Å². The molecule has 1 aromatic rings. The van der Waals surface area contributed by atoms with Crippen molar-refractivity contribution in [3.8, 4) is 0 Å². The monoisotopic (exact) mass is 200 g/mol. The summed E-state index contributed by atoms with van der Waals surface area (Å²) >= 11 is 10.4. The van der Waals surface area contributed by atoms with Gasteiger partial charge in [-0.1, -0.05) is 23.8 Å². The van der Waals surface area contributed by atoms with Crippen molar-refractivity contribution in [1.29, 1.82) is 0 Å². The SMILES string of the molecule is Nc1[nH]ccc(=S)c1Cl.[H-].[K+]. The van der Waals surface area contributed by atoms with E-state index >= 15 is 0 Å². The summed E-state index contributed by atoms with van der Waals surface area (Å²) in [4.78, 5) is 2.72. The van der Waals surface area contributed by atoms with Crippen LogP contribution in [0.4, 0.5) is 5.82 Å². The molecule has 0 bridgehead atoms. The molecule has 0 amide bonds. The number of aromatic nitrogens is 1. The van der Waals surface area contributed by atoms with Crippen LogP contribution < -0.4 is 57.1 Å². The minimum absolute atomic E-state index is 0. The summed E-state index contributed by atoms with van der Waals surface area (Å²) in [5.74, 6) is 0.421. The second kappa shape index (κ2) is 4.87. The fourth-order valence-electron chi connectivity index (χ4n) is 0.476. The minimum atomic E-state index is 0. The second-order valence-corrected chi connectivity index (χ2v) is 2.39. The normalized spacial score (nSPS) is 8.50. The molecule has 0 aliphatic rings. The van der Waals surface area contributed by atoms with Crippen LogP contribution in [-0.4, -0.2) is 4.98 Å². The van der Waals surface area contributed by atoms with E-state index in [-0.39, 0.29) is 52.8 Å². The molecular weight excluding hydrogens is 195 g/mol. The van der Waals surface area contributed by atoms with Gasteiger partial charge < -0.3 is 12.1 Å². The van der Waals surface area contributed by atoms with Crippen molar-refractivity contribution < 1.29 is 52.8 Å². The number of nitrogens with one attached hydrogen (secondary N) is 1. The van der Waals surface area contributed by atoms with Gasteiger partial charge in [0.2, 0.25) is 0 Å². The van der Waals surface area contributed by atoms with E-state index in [4.69, 9.17) is 29.6 Å². The van der Waals surface area contributed by atoms with Crippen LogP contribution in [-0.2, 0) is 0 Å². The molecule has 3 N–H and O–H groups in total. The van der Waals surface area contributed by atoms with Crippen LogP contribution in [0.25, 0.3) is 0 Å². The van der Waals surface area contributed by atoms with Gasteiger partial charge in [-0.2, -0.15) is 0 Å². The maximum Gasteiger partial charge on any atom is 1.00 e. The molecule has 0 saturated carbocycles. The molecule has 0 aromatic carbocycles. The summed E-state index contributed by atoms with van der Waals surface area (Å²) < 4.78 is 0.577. The zero-order valence-electron chi connectivity index (χ0n) is 6.52. The summed E-state index contributed by atoms with van der Waals surface area (Å²) in [7, 11) is 0. The van der Waals surface area contributed by atoms with Gasteiger partial charge in [-0.25, -0.2) is 0 Å². The largest absolute Gasteiger partial charge is 1.00 e. The van der Waals surface area contributed by atoms with Gasteiger partial charge in [0.25, 0.3) is 0 Å². The van der Waals surface area contributed by atoms with Crippen molar-refractivity contribution >= 4 is 29.6 Å². The Kier molecular flexibility index (Phi) is 5.40. The summed E-state index contributed by atoms with van der Waals surface area (Å²) in [6.07, 6.45) is 1.66. The van der Waals surface area contributed by atoms with Crippen LogP contribution in [0, 0.1) is 4.51 Å². The number of H-pyrrole nitrogens is 1. The molecule has 0 spiro atoms. The van der Waals surface area contributed by atoms with Crippen molar-refractivity contribution in [3.05, 3.63) is 21.8 Å². The molecule has 10 heavy (non-hydrogen) atoms.